The van der Waals surface area contributed by atoms with Crippen molar-refractivity contribution in [2.75, 3.05) is 18.6 Å². The number of nitrogens with zero attached hydrogens (tertiary/aromatic N) is 1. The third-order valence-electron chi connectivity index (χ3n) is 1.77. The molecule has 0 fully saturated rings. The van der Waals surface area contributed by atoms with E-state index >= 15 is 0 Å². The number of benzene rings is 1. The van der Waals surface area contributed by atoms with Gasteiger partial charge in [-0.2, -0.15) is 5.26 Å². The maximum Gasteiger partial charge on any atom is 0.166 e. The number of sulfone groups is 1. The van der Waals surface area contributed by atoms with Crippen LogP contribution < -0.4 is 4.74 Å². The Morgan fingerprint density at radius 3 is 2.69 bits per heavy atom. The minimum atomic E-state index is -3.12. The summed E-state index contributed by atoms with van der Waals surface area (Å²) in [6.07, 6.45) is 1.07. The van der Waals surface area contributed by atoms with Gasteiger partial charge < -0.3 is 4.74 Å². The van der Waals surface area contributed by atoms with Crippen LogP contribution in [0.5, 0.6) is 5.75 Å². The highest BCUT2D eigenvalue weighted by Gasteiger charge is 2.07. The molecule has 0 radical (unpaired) electrons. The fraction of sp³-hybridized carbons (Fsp3) is 0.300. The van der Waals surface area contributed by atoms with E-state index in [1.165, 1.54) is 12.1 Å². The van der Waals surface area contributed by atoms with Gasteiger partial charge in [0.05, 0.1) is 17.4 Å². The zero-order valence-electron chi connectivity index (χ0n) is 8.60. The predicted molar refractivity (Wildman–Crippen MR) is 56.3 cm³/mol. The van der Waals surface area contributed by atoms with Gasteiger partial charge in [0.1, 0.15) is 6.61 Å². The molecule has 0 spiro atoms. The second-order valence-electron chi connectivity index (χ2n) is 3.24. The molecule has 0 amide bonds. The summed E-state index contributed by atoms with van der Waals surface area (Å²) in [4.78, 5) is 0. The highest BCUT2D eigenvalue weighted by molar-refractivity contribution is 7.90. The summed E-state index contributed by atoms with van der Waals surface area (Å²) >= 11 is 0. The lowest BCUT2D eigenvalue weighted by Crippen LogP contribution is -2.12. The quantitative estimate of drug-likeness (QED) is 0.794. The van der Waals surface area contributed by atoms with Gasteiger partial charge in [0.2, 0.25) is 0 Å². The van der Waals surface area contributed by atoms with Gasteiger partial charge in [-0.05, 0) is 18.2 Å². The van der Waals surface area contributed by atoms with E-state index < -0.39 is 15.7 Å². The smallest absolute Gasteiger partial charge is 0.166 e. The molecule has 0 saturated heterocycles. The van der Waals surface area contributed by atoms with E-state index in [0.29, 0.717) is 0 Å². The van der Waals surface area contributed by atoms with Crippen LogP contribution in [0.4, 0.5) is 4.39 Å². The molecule has 0 bridgehead atoms. The van der Waals surface area contributed by atoms with Crippen molar-refractivity contribution in [1.82, 2.24) is 0 Å². The van der Waals surface area contributed by atoms with Crippen molar-refractivity contribution in [1.29, 1.82) is 5.26 Å². The predicted octanol–water partition coefficient (Wildman–Crippen LogP) is 1.12. The Morgan fingerprint density at radius 1 is 1.50 bits per heavy atom. The molecule has 0 aliphatic heterocycles. The highest BCUT2D eigenvalue weighted by Crippen LogP contribution is 2.17. The third kappa shape index (κ3) is 3.87. The summed E-state index contributed by atoms with van der Waals surface area (Å²) in [7, 11) is -3.12. The maximum atomic E-state index is 13.2. The van der Waals surface area contributed by atoms with Gasteiger partial charge in [-0.1, -0.05) is 0 Å². The van der Waals surface area contributed by atoms with E-state index in [1.54, 1.807) is 6.07 Å². The van der Waals surface area contributed by atoms with Crippen molar-refractivity contribution < 1.29 is 17.5 Å². The van der Waals surface area contributed by atoms with Crippen molar-refractivity contribution in [2.24, 2.45) is 0 Å². The first kappa shape index (κ1) is 12.5. The average molecular weight is 243 g/mol. The fourth-order valence-corrected chi connectivity index (χ4v) is 1.38. The van der Waals surface area contributed by atoms with E-state index in [0.717, 1.165) is 12.3 Å². The average Bonchev–Trinajstić information content (AvgIpc) is 2.18. The van der Waals surface area contributed by atoms with Gasteiger partial charge in [-0.3, -0.25) is 0 Å². The first-order valence-corrected chi connectivity index (χ1v) is 6.48. The highest BCUT2D eigenvalue weighted by atomic mass is 32.2. The van der Waals surface area contributed by atoms with Crippen LogP contribution in [0.1, 0.15) is 5.56 Å². The molecule has 16 heavy (non-hydrogen) atoms. The van der Waals surface area contributed by atoms with Gasteiger partial charge in [-0.25, -0.2) is 12.8 Å². The Labute approximate surface area is 93.2 Å². The first-order valence-electron chi connectivity index (χ1n) is 4.42. The van der Waals surface area contributed by atoms with Gasteiger partial charge in [0, 0.05) is 6.26 Å². The van der Waals surface area contributed by atoms with Gasteiger partial charge >= 0.3 is 0 Å². The van der Waals surface area contributed by atoms with E-state index in [-0.39, 0.29) is 23.7 Å². The molecule has 0 saturated carbocycles. The summed E-state index contributed by atoms with van der Waals surface area (Å²) in [5, 5.41) is 8.50. The van der Waals surface area contributed by atoms with Crippen LogP contribution in [0.15, 0.2) is 18.2 Å². The first-order chi connectivity index (χ1) is 7.42. The largest absolute Gasteiger partial charge is 0.489 e. The Morgan fingerprint density at radius 2 is 2.19 bits per heavy atom. The standard InChI is InChI=1S/C10H10FNO3S/c1-16(13,14)5-4-15-10-3-2-8(7-12)6-9(10)11/h2-3,6H,4-5H2,1H3. The Kier molecular flexibility index (Phi) is 3.85. The number of nitriles is 1. The normalized spacial score (nSPS) is 10.8. The molecule has 0 aliphatic rings. The van der Waals surface area contributed by atoms with Crippen molar-refractivity contribution in [3.05, 3.63) is 29.6 Å². The lowest BCUT2D eigenvalue weighted by Gasteiger charge is -2.06. The third-order valence-corrected chi connectivity index (χ3v) is 2.68. The SMILES string of the molecule is CS(=O)(=O)CCOc1ccc(C#N)cc1F. The number of hydrogen-bond donors (Lipinski definition) is 0. The Hall–Kier alpha value is -1.61. The lowest BCUT2D eigenvalue weighted by atomic mass is 10.2. The molecule has 1 aromatic rings. The van der Waals surface area contributed by atoms with Crippen LogP contribution in [-0.2, 0) is 9.84 Å². The minimum absolute atomic E-state index is 0.0531. The van der Waals surface area contributed by atoms with Gasteiger partial charge in [-0.15, -0.1) is 0 Å². The molecular formula is C10H10FNO3S. The van der Waals surface area contributed by atoms with Crippen molar-refractivity contribution in [2.45, 2.75) is 0 Å². The van der Waals surface area contributed by atoms with Crippen LogP contribution in [0, 0.1) is 17.1 Å². The lowest BCUT2D eigenvalue weighted by molar-refractivity contribution is 0.322. The van der Waals surface area contributed by atoms with Crippen LogP contribution in [0.2, 0.25) is 0 Å². The van der Waals surface area contributed by atoms with E-state index in [2.05, 4.69) is 0 Å². The fourth-order valence-electron chi connectivity index (χ4n) is 0.990. The van der Waals surface area contributed by atoms with E-state index in [4.69, 9.17) is 10.00 Å². The zero-order chi connectivity index (χ0) is 12.2. The summed E-state index contributed by atoms with van der Waals surface area (Å²) in [6.45, 7) is -0.109. The molecular weight excluding hydrogens is 233 g/mol. The Balaban J connectivity index is 2.66. The molecule has 1 rings (SSSR count). The minimum Gasteiger partial charge on any atom is -0.489 e. The summed E-state index contributed by atoms with van der Waals surface area (Å²) < 4.78 is 39.8. The molecule has 0 aliphatic carbocycles. The topological polar surface area (TPSA) is 67.2 Å². The summed E-state index contributed by atoms with van der Waals surface area (Å²) in [5.74, 6) is -0.901. The van der Waals surface area contributed by atoms with Crippen LogP contribution in [0.25, 0.3) is 0 Å². The van der Waals surface area contributed by atoms with E-state index in [1.807, 2.05) is 0 Å². The molecule has 0 heterocycles. The monoisotopic (exact) mass is 243 g/mol. The number of halogens is 1. The van der Waals surface area contributed by atoms with E-state index in [9.17, 15) is 12.8 Å². The molecule has 86 valence electrons. The summed E-state index contributed by atoms with van der Waals surface area (Å²) in [6, 6.07) is 5.52. The van der Waals surface area contributed by atoms with Crippen LogP contribution in [-0.4, -0.2) is 27.0 Å². The van der Waals surface area contributed by atoms with Gasteiger partial charge in [0.25, 0.3) is 0 Å². The number of ether oxygens (including phenoxy) is 1. The zero-order valence-corrected chi connectivity index (χ0v) is 9.42. The Bertz CT molecular complexity index is 519. The van der Waals surface area contributed by atoms with Gasteiger partial charge in [0.15, 0.2) is 21.4 Å². The maximum absolute atomic E-state index is 13.2. The second kappa shape index (κ2) is 4.94. The van der Waals surface area contributed by atoms with Crippen molar-refractivity contribution >= 4 is 9.84 Å². The second-order valence-corrected chi connectivity index (χ2v) is 5.50. The molecule has 0 unspecified atom stereocenters. The summed E-state index contributed by atoms with van der Waals surface area (Å²) in [5.41, 5.74) is 0.188. The number of hydrogen-bond acceptors (Lipinski definition) is 4. The van der Waals surface area contributed by atoms with Crippen LogP contribution in [0.3, 0.4) is 0 Å². The molecule has 0 atom stereocenters. The molecule has 4 nitrogen and oxygen atoms in total. The van der Waals surface area contributed by atoms with Crippen molar-refractivity contribution in [3.8, 4) is 11.8 Å². The molecule has 0 N–H and O–H groups in total. The number of rotatable bonds is 4. The van der Waals surface area contributed by atoms with Crippen molar-refractivity contribution in [3.63, 3.8) is 0 Å². The molecule has 1 aromatic carbocycles. The van der Waals surface area contributed by atoms with Crippen LogP contribution >= 0.6 is 0 Å². The molecule has 6 heteroatoms. The molecule has 0 aromatic heterocycles.